The molecule has 1 N–H and O–H groups in total. The monoisotopic (exact) mass is 169 g/mol. The maximum atomic E-state index is 9.02. The highest BCUT2D eigenvalue weighted by Crippen LogP contribution is 2.08. The Hall–Kier alpha value is -0.870. The zero-order valence-electron chi connectivity index (χ0n) is 7.73. The summed E-state index contributed by atoms with van der Waals surface area (Å²) in [6, 6.07) is 2.25. The van der Waals surface area contributed by atoms with Crippen molar-refractivity contribution in [3.05, 3.63) is 18.0 Å². The van der Waals surface area contributed by atoms with Gasteiger partial charge in [-0.25, -0.2) is 0 Å². The molecule has 0 spiro atoms. The topological polar surface area (TPSA) is 41.3 Å². The summed E-state index contributed by atoms with van der Waals surface area (Å²) < 4.78 is 1.90. The van der Waals surface area contributed by atoms with Gasteiger partial charge < -0.3 is 5.21 Å². The van der Waals surface area contributed by atoms with Gasteiger partial charge in [0.25, 0.3) is 0 Å². The predicted octanol–water partition coefficient (Wildman–Crippen LogP) is 1.28. The fraction of sp³-hybridized carbons (Fsp3) is 0.625. The van der Waals surface area contributed by atoms with E-state index in [9.17, 15) is 0 Å². The largest absolute Gasteiger partial charge is 0.314 e. The molecule has 12 heavy (non-hydrogen) atoms. The van der Waals surface area contributed by atoms with Gasteiger partial charge in [0.1, 0.15) is 0 Å². The van der Waals surface area contributed by atoms with E-state index in [-0.39, 0.29) is 0 Å². The molecule has 0 aliphatic heterocycles. The van der Waals surface area contributed by atoms with Crippen molar-refractivity contribution in [3.63, 3.8) is 0 Å². The van der Waals surface area contributed by atoms with E-state index in [2.05, 4.69) is 18.9 Å². The lowest BCUT2D eigenvalue weighted by molar-refractivity contribution is -0.0751. The smallest absolute Gasteiger partial charge is 0.0655 e. The lowest BCUT2D eigenvalue weighted by Crippen LogP contribution is -2.16. The van der Waals surface area contributed by atoms with Crippen LogP contribution >= 0.6 is 0 Å². The van der Waals surface area contributed by atoms with E-state index in [1.54, 1.807) is 13.2 Å². The maximum absolute atomic E-state index is 9.02. The Morgan fingerprint density at radius 3 is 2.83 bits per heavy atom. The normalized spacial score (nSPS) is 11.5. The first kappa shape index (κ1) is 9.22. The minimum Gasteiger partial charge on any atom is -0.314 e. The molecule has 0 aliphatic rings. The van der Waals surface area contributed by atoms with Gasteiger partial charge in [0.05, 0.1) is 12.2 Å². The molecule has 0 aliphatic carbocycles. The van der Waals surface area contributed by atoms with Crippen LogP contribution in [0.25, 0.3) is 0 Å². The SMILES string of the molecule is CC(C)n1nccc1CN(C)O. The van der Waals surface area contributed by atoms with Crippen molar-refractivity contribution >= 4 is 0 Å². The van der Waals surface area contributed by atoms with Crippen LogP contribution in [-0.2, 0) is 6.54 Å². The highest BCUT2D eigenvalue weighted by Gasteiger charge is 2.06. The van der Waals surface area contributed by atoms with E-state index in [0.717, 1.165) is 10.8 Å². The summed E-state index contributed by atoms with van der Waals surface area (Å²) in [5.74, 6) is 0. The van der Waals surface area contributed by atoms with Gasteiger partial charge in [-0.3, -0.25) is 4.68 Å². The molecule has 1 aromatic rings. The Morgan fingerprint density at radius 1 is 1.67 bits per heavy atom. The molecule has 0 bridgehead atoms. The number of aromatic nitrogens is 2. The molecule has 68 valence electrons. The summed E-state index contributed by atoms with van der Waals surface area (Å²) in [6.45, 7) is 4.64. The summed E-state index contributed by atoms with van der Waals surface area (Å²) in [5, 5.41) is 14.3. The predicted molar refractivity (Wildman–Crippen MR) is 45.9 cm³/mol. The van der Waals surface area contributed by atoms with Gasteiger partial charge in [-0.1, -0.05) is 0 Å². The van der Waals surface area contributed by atoms with Crippen molar-refractivity contribution in [2.24, 2.45) is 0 Å². The number of rotatable bonds is 3. The highest BCUT2D eigenvalue weighted by molar-refractivity contribution is 5.00. The number of nitrogens with zero attached hydrogens (tertiary/aromatic N) is 3. The van der Waals surface area contributed by atoms with Gasteiger partial charge in [-0.05, 0) is 19.9 Å². The molecule has 0 unspecified atom stereocenters. The third kappa shape index (κ3) is 2.06. The van der Waals surface area contributed by atoms with Gasteiger partial charge >= 0.3 is 0 Å². The molecule has 1 aromatic heterocycles. The first-order valence-electron chi connectivity index (χ1n) is 4.03. The number of hydroxylamine groups is 2. The molecule has 0 radical (unpaired) electrons. The van der Waals surface area contributed by atoms with Gasteiger partial charge in [0, 0.05) is 19.3 Å². The summed E-state index contributed by atoms with van der Waals surface area (Å²) >= 11 is 0. The Kier molecular flexibility index (Phi) is 2.83. The Labute approximate surface area is 72.4 Å². The second-order valence-electron chi connectivity index (χ2n) is 3.18. The van der Waals surface area contributed by atoms with Gasteiger partial charge in [-0.2, -0.15) is 10.2 Å². The van der Waals surface area contributed by atoms with Crippen molar-refractivity contribution in [2.45, 2.75) is 26.4 Å². The van der Waals surface area contributed by atoms with E-state index in [4.69, 9.17) is 5.21 Å². The van der Waals surface area contributed by atoms with Crippen LogP contribution in [0.2, 0.25) is 0 Å². The molecule has 1 rings (SSSR count). The maximum Gasteiger partial charge on any atom is 0.0655 e. The van der Waals surface area contributed by atoms with Crippen molar-refractivity contribution in [2.75, 3.05) is 7.05 Å². The van der Waals surface area contributed by atoms with E-state index in [0.29, 0.717) is 12.6 Å². The fourth-order valence-electron chi connectivity index (χ4n) is 1.17. The zero-order valence-corrected chi connectivity index (χ0v) is 7.73. The molecule has 0 atom stereocenters. The highest BCUT2D eigenvalue weighted by atomic mass is 16.5. The average molecular weight is 169 g/mol. The van der Waals surface area contributed by atoms with Crippen LogP contribution < -0.4 is 0 Å². The van der Waals surface area contributed by atoms with Gasteiger partial charge in [0.15, 0.2) is 0 Å². The second-order valence-corrected chi connectivity index (χ2v) is 3.18. The van der Waals surface area contributed by atoms with E-state index >= 15 is 0 Å². The molecule has 0 amide bonds. The first-order chi connectivity index (χ1) is 5.61. The number of hydrogen-bond donors (Lipinski definition) is 1. The average Bonchev–Trinajstić information content (AvgIpc) is 2.33. The summed E-state index contributed by atoms with van der Waals surface area (Å²) in [7, 11) is 1.62. The fourth-order valence-corrected chi connectivity index (χ4v) is 1.17. The summed E-state index contributed by atoms with van der Waals surface area (Å²) in [4.78, 5) is 0. The number of hydrogen-bond acceptors (Lipinski definition) is 3. The molecular formula is C8H15N3O. The van der Waals surface area contributed by atoms with Crippen LogP contribution in [0, 0.1) is 0 Å². The molecule has 0 fully saturated rings. The standard InChI is InChI=1S/C8H15N3O/c1-7(2)11-8(4-5-9-11)6-10(3)12/h4-5,7,12H,6H2,1-3H3. The van der Waals surface area contributed by atoms with Crippen molar-refractivity contribution in [1.29, 1.82) is 0 Å². The minimum absolute atomic E-state index is 0.343. The zero-order chi connectivity index (χ0) is 9.14. The first-order valence-corrected chi connectivity index (χ1v) is 4.03. The lowest BCUT2D eigenvalue weighted by atomic mass is 10.3. The van der Waals surface area contributed by atoms with E-state index in [1.165, 1.54) is 0 Å². The lowest BCUT2D eigenvalue weighted by Gasteiger charge is -2.13. The third-order valence-corrected chi connectivity index (χ3v) is 1.63. The van der Waals surface area contributed by atoms with Crippen LogP contribution in [0.4, 0.5) is 0 Å². The van der Waals surface area contributed by atoms with Crippen molar-refractivity contribution in [1.82, 2.24) is 14.8 Å². The molecule has 4 heteroatoms. The minimum atomic E-state index is 0.343. The quantitative estimate of drug-likeness (QED) is 0.693. The molecule has 0 saturated heterocycles. The van der Waals surface area contributed by atoms with Crippen molar-refractivity contribution < 1.29 is 5.21 Å². The summed E-state index contributed by atoms with van der Waals surface area (Å²) in [6.07, 6.45) is 1.75. The van der Waals surface area contributed by atoms with Crippen LogP contribution in [0.3, 0.4) is 0 Å². The third-order valence-electron chi connectivity index (χ3n) is 1.63. The van der Waals surface area contributed by atoms with E-state index < -0.39 is 0 Å². The van der Waals surface area contributed by atoms with Crippen LogP contribution in [0.1, 0.15) is 25.6 Å². The van der Waals surface area contributed by atoms with Crippen LogP contribution in [0.15, 0.2) is 12.3 Å². The molecule has 0 aromatic carbocycles. The Bertz CT molecular complexity index is 242. The van der Waals surface area contributed by atoms with Crippen LogP contribution in [-0.4, -0.2) is 27.1 Å². The van der Waals surface area contributed by atoms with Crippen molar-refractivity contribution in [3.8, 4) is 0 Å². The molecular weight excluding hydrogens is 154 g/mol. The van der Waals surface area contributed by atoms with Crippen LogP contribution in [0.5, 0.6) is 0 Å². The van der Waals surface area contributed by atoms with Gasteiger partial charge in [0.2, 0.25) is 0 Å². The summed E-state index contributed by atoms with van der Waals surface area (Å²) in [5.41, 5.74) is 1.02. The molecule has 4 nitrogen and oxygen atoms in total. The Morgan fingerprint density at radius 2 is 2.33 bits per heavy atom. The Balaban J connectivity index is 2.77. The van der Waals surface area contributed by atoms with Gasteiger partial charge in [-0.15, -0.1) is 0 Å². The molecule has 1 heterocycles. The molecule has 0 saturated carbocycles. The van der Waals surface area contributed by atoms with E-state index in [1.807, 2.05) is 10.7 Å². The second kappa shape index (κ2) is 3.69.